The van der Waals surface area contributed by atoms with E-state index in [1.54, 1.807) is 30.3 Å². The maximum absolute atomic E-state index is 11.4. The molecule has 0 saturated carbocycles. The van der Waals surface area contributed by atoms with Gasteiger partial charge in [-0.3, -0.25) is 0 Å². The normalized spacial score (nSPS) is 11.6. The van der Waals surface area contributed by atoms with E-state index < -0.39 is 5.97 Å². The van der Waals surface area contributed by atoms with Crippen LogP contribution in [0.1, 0.15) is 34.6 Å². The van der Waals surface area contributed by atoms with Crippen LogP contribution >= 0.6 is 0 Å². The molecule has 0 aliphatic heterocycles. The number of carbonyl (C=O) groups is 1. The van der Waals surface area contributed by atoms with Gasteiger partial charge in [0.25, 0.3) is 0 Å². The highest BCUT2D eigenvalue weighted by atomic mass is 16.4. The molecule has 1 atom stereocenters. The number of benzene rings is 2. The van der Waals surface area contributed by atoms with Crippen LogP contribution in [0.3, 0.4) is 0 Å². The molecule has 0 aliphatic rings. The van der Waals surface area contributed by atoms with Crippen LogP contribution in [0.4, 0.5) is 17.5 Å². The Morgan fingerprint density at radius 2 is 1.73 bits per heavy atom. The number of carboxylic acids is 1. The lowest BCUT2D eigenvalue weighted by atomic mass is 10.1. The third kappa shape index (κ3) is 4.16. The number of aryl methyl sites for hydroxylation is 1. The Kier molecular flexibility index (Phi) is 5.12. The molecule has 0 bridgehead atoms. The number of nitrogens with one attached hydrogen (secondary N) is 2. The first-order valence-corrected chi connectivity index (χ1v) is 8.29. The number of rotatable bonds is 6. The summed E-state index contributed by atoms with van der Waals surface area (Å²) in [4.78, 5) is 20.3. The van der Waals surface area contributed by atoms with E-state index in [0.29, 0.717) is 17.5 Å². The lowest BCUT2D eigenvalue weighted by molar-refractivity contribution is 0.0698. The summed E-state index contributed by atoms with van der Waals surface area (Å²) < 4.78 is 0. The highest BCUT2D eigenvalue weighted by Gasteiger charge is 2.12. The zero-order valence-corrected chi connectivity index (χ0v) is 14.6. The Morgan fingerprint density at radius 1 is 1.04 bits per heavy atom. The molecule has 26 heavy (non-hydrogen) atoms. The molecular formula is C20H20N4O2. The van der Waals surface area contributed by atoms with Gasteiger partial charge in [-0.2, -0.15) is 4.98 Å². The second-order valence-electron chi connectivity index (χ2n) is 5.97. The quantitative estimate of drug-likeness (QED) is 0.612. The Balaban J connectivity index is 1.83. The van der Waals surface area contributed by atoms with E-state index in [2.05, 4.69) is 20.6 Å². The number of nitrogens with zero attached hydrogens (tertiary/aromatic N) is 2. The maximum Gasteiger partial charge on any atom is 0.337 e. The molecular weight excluding hydrogens is 328 g/mol. The van der Waals surface area contributed by atoms with E-state index in [-0.39, 0.29) is 11.6 Å². The van der Waals surface area contributed by atoms with Crippen molar-refractivity contribution in [3.05, 3.63) is 77.5 Å². The highest BCUT2D eigenvalue weighted by Crippen LogP contribution is 2.22. The van der Waals surface area contributed by atoms with Crippen LogP contribution < -0.4 is 10.6 Å². The van der Waals surface area contributed by atoms with Crippen LogP contribution in [-0.2, 0) is 0 Å². The molecule has 0 spiro atoms. The summed E-state index contributed by atoms with van der Waals surface area (Å²) >= 11 is 0. The number of carboxylic acid groups (broad SMARTS) is 1. The molecule has 0 aliphatic carbocycles. The third-order valence-corrected chi connectivity index (χ3v) is 3.92. The second kappa shape index (κ2) is 7.65. The van der Waals surface area contributed by atoms with Gasteiger partial charge in [0.05, 0.1) is 17.3 Å². The van der Waals surface area contributed by atoms with Crippen molar-refractivity contribution >= 4 is 23.4 Å². The fourth-order valence-electron chi connectivity index (χ4n) is 2.63. The first-order chi connectivity index (χ1) is 12.5. The number of aromatic carboxylic acids is 1. The minimum atomic E-state index is -0.991. The van der Waals surface area contributed by atoms with Crippen LogP contribution in [0.15, 0.2) is 60.7 Å². The van der Waals surface area contributed by atoms with E-state index in [0.717, 1.165) is 11.3 Å². The Morgan fingerprint density at radius 3 is 2.46 bits per heavy atom. The van der Waals surface area contributed by atoms with Gasteiger partial charge in [0.15, 0.2) is 0 Å². The average molecular weight is 348 g/mol. The molecule has 0 radical (unpaired) electrons. The van der Waals surface area contributed by atoms with Crippen LogP contribution in [0, 0.1) is 6.92 Å². The predicted molar refractivity (Wildman–Crippen MR) is 102 cm³/mol. The van der Waals surface area contributed by atoms with Gasteiger partial charge >= 0.3 is 5.97 Å². The number of hydrogen-bond acceptors (Lipinski definition) is 5. The minimum absolute atomic E-state index is 0.0390. The van der Waals surface area contributed by atoms with Gasteiger partial charge < -0.3 is 15.7 Å². The standard InChI is InChI=1S/C20H20N4O2/c1-13-12-18(23-17-11-7-6-10-16(17)19(25)26)24-20(21-13)22-14(2)15-8-4-3-5-9-15/h3-12,14H,1-2H3,(H,25,26)(H2,21,22,23,24). The molecule has 3 rings (SSSR count). The monoisotopic (exact) mass is 348 g/mol. The molecule has 1 heterocycles. The summed E-state index contributed by atoms with van der Waals surface area (Å²) in [6, 6.07) is 18.6. The van der Waals surface area contributed by atoms with Crippen molar-refractivity contribution in [3.63, 3.8) is 0 Å². The van der Waals surface area contributed by atoms with Crippen LogP contribution in [-0.4, -0.2) is 21.0 Å². The van der Waals surface area contributed by atoms with Crippen LogP contribution in [0.2, 0.25) is 0 Å². The number of hydrogen-bond donors (Lipinski definition) is 3. The van der Waals surface area contributed by atoms with Crippen LogP contribution in [0.5, 0.6) is 0 Å². The molecule has 0 amide bonds. The molecule has 0 saturated heterocycles. The van der Waals surface area contributed by atoms with E-state index in [9.17, 15) is 9.90 Å². The van der Waals surface area contributed by atoms with Gasteiger partial charge in [-0.25, -0.2) is 9.78 Å². The molecule has 0 fully saturated rings. The van der Waals surface area contributed by atoms with E-state index in [1.165, 1.54) is 0 Å². The van der Waals surface area contributed by atoms with Crippen LogP contribution in [0.25, 0.3) is 0 Å². The molecule has 1 aromatic heterocycles. The predicted octanol–water partition coefficient (Wildman–Crippen LogP) is 4.40. The van der Waals surface area contributed by atoms with Gasteiger partial charge in [-0.1, -0.05) is 42.5 Å². The Bertz CT molecular complexity index is 913. The zero-order valence-electron chi connectivity index (χ0n) is 14.6. The van der Waals surface area contributed by atoms with Crippen molar-refractivity contribution in [2.45, 2.75) is 19.9 Å². The van der Waals surface area contributed by atoms with Crippen molar-refractivity contribution in [1.82, 2.24) is 9.97 Å². The summed E-state index contributed by atoms with van der Waals surface area (Å²) in [5.41, 5.74) is 2.58. The van der Waals surface area contributed by atoms with Gasteiger partial charge in [-0.05, 0) is 31.5 Å². The number of aromatic nitrogens is 2. The summed E-state index contributed by atoms with van der Waals surface area (Å²) in [5.74, 6) is 0.0283. The minimum Gasteiger partial charge on any atom is -0.478 e. The molecule has 6 nitrogen and oxygen atoms in total. The van der Waals surface area contributed by atoms with Gasteiger partial charge in [0, 0.05) is 11.8 Å². The van der Waals surface area contributed by atoms with Gasteiger partial charge in [0.2, 0.25) is 5.95 Å². The third-order valence-electron chi connectivity index (χ3n) is 3.92. The summed E-state index contributed by atoms with van der Waals surface area (Å²) in [7, 11) is 0. The lowest BCUT2D eigenvalue weighted by Crippen LogP contribution is -2.11. The second-order valence-corrected chi connectivity index (χ2v) is 5.97. The largest absolute Gasteiger partial charge is 0.478 e. The number of anilines is 3. The molecule has 3 N–H and O–H groups in total. The molecule has 6 heteroatoms. The van der Waals surface area contributed by atoms with E-state index >= 15 is 0 Å². The van der Waals surface area contributed by atoms with Gasteiger partial charge in [0.1, 0.15) is 5.82 Å². The smallest absolute Gasteiger partial charge is 0.337 e. The fourth-order valence-corrected chi connectivity index (χ4v) is 2.63. The van der Waals surface area contributed by atoms with Crippen molar-refractivity contribution in [2.75, 3.05) is 10.6 Å². The van der Waals surface area contributed by atoms with E-state index in [4.69, 9.17) is 0 Å². The van der Waals surface area contributed by atoms with Crippen molar-refractivity contribution < 1.29 is 9.90 Å². The van der Waals surface area contributed by atoms with E-state index in [1.807, 2.05) is 44.2 Å². The molecule has 132 valence electrons. The topological polar surface area (TPSA) is 87.1 Å². The first kappa shape index (κ1) is 17.4. The Hall–Kier alpha value is -3.41. The summed E-state index contributed by atoms with van der Waals surface area (Å²) in [5, 5.41) is 15.7. The van der Waals surface area contributed by atoms with Gasteiger partial charge in [-0.15, -0.1) is 0 Å². The summed E-state index contributed by atoms with van der Waals surface area (Å²) in [6.45, 7) is 3.90. The zero-order chi connectivity index (χ0) is 18.5. The molecule has 1 unspecified atom stereocenters. The molecule has 2 aromatic carbocycles. The first-order valence-electron chi connectivity index (χ1n) is 8.29. The van der Waals surface area contributed by atoms with Crippen molar-refractivity contribution in [2.24, 2.45) is 0 Å². The van der Waals surface area contributed by atoms with Crippen molar-refractivity contribution in [3.8, 4) is 0 Å². The number of para-hydroxylation sites is 1. The fraction of sp³-hybridized carbons (Fsp3) is 0.150. The maximum atomic E-state index is 11.4. The summed E-state index contributed by atoms with van der Waals surface area (Å²) in [6.07, 6.45) is 0. The SMILES string of the molecule is Cc1cc(Nc2ccccc2C(=O)O)nc(NC(C)c2ccccc2)n1. The van der Waals surface area contributed by atoms with Crippen molar-refractivity contribution in [1.29, 1.82) is 0 Å². The Labute approximate surface area is 152 Å². The lowest BCUT2D eigenvalue weighted by Gasteiger charge is -2.16. The highest BCUT2D eigenvalue weighted by molar-refractivity contribution is 5.95. The molecule has 3 aromatic rings. The average Bonchev–Trinajstić information content (AvgIpc) is 2.62.